The molecule has 0 bridgehead atoms. The fourth-order valence-corrected chi connectivity index (χ4v) is 2.21. The first kappa shape index (κ1) is 9.15. The van der Waals surface area contributed by atoms with E-state index >= 15 is 0 Å². The van der Waals surface area contributed by atoms with Gasteiger partial charge in [-0.25, -0.2) is 19.8 Å². The van der Waals surface area contributed by atoms with Gasteiger partial charge in [-0.2, -0.15) is 0 Å². The number of nitrogens with zero attached hydrogens (tertiary/aromatic N) is 2. The molecule has 0 fully saturated rings. The van der Waals surface area contributed by atoms with Gasteiger partial charge >= 0.3 is 11.4 Å². The third kappa shape index (κ3) is 2.09. The molecule has 2 aromatic rings. The van der Waals surface area contributed by atoms with Gasteiger partial charge in [0, 0.05) is 0 Å². The van der Waals surface area contributed by atoms with Gasteiger partial charge in [-0.05, 0) is 21.6 Å². The molecule has 2 heterocycles. The van der Waals surface area contributed by atoms with Crippen LogP contribution in [0.4, 0.5) is 0 Å². The quantitative estimate of drug-likeness (QED) is 0.519. The Bertz CT molecular complexity index is 474. The molecular weight excluding hydrogens is 228 g/mol. The lowest BCUT2D eigenvalue weighted by Gasteiger charge is -1.88. The predicted molar refractivity (Wildman–Crippen MR) is 50.1 cm³/mol. The molecule has 0 saturated heterocycles. The van der Waals surface area contributed by atoms with Crippen molar-refractivity contribution in [2.45, 2.75) is 10.3 Å². The number of hydrogen-bond donors (Lipinski definition) is 4. The van der Waals surface area contributed by atoms with Crippen molar-refractivity contribution in [1.82, 2.24) is 30.4 Å². The van der Waals surface area contributed by atoms with Gasteiger partial charge in [-0.3, -0.25) is 9.97 Å². The van der Waals surface area contributed by atoms with E-state index in [9.17, 15) is 9.59 Å². The van der Waals surface area contributed by atoms with Crippen LogP contribution in [0.25, 0.3) is 0 Å². The summed E-state index contributed by atoms with van der Waals surface area (Å²) in [7, 11) is 2.35. The molecule has 0 aliphatic heterocycles. The van der Waals surface area contributed by atoms with Crippen LogP contribution < -0.4 is 11.4 Å². The van der Waals surface area contributed by atoms with E-state index in [1.807, 2.05) is 0 Å². The Labute approximate surface area is 83.7 Å². The molecule has 8 nitrogen and oxygen atoms in total. The topological polar surface area (TPSA) is 123 Å². The van der Waals surface area contributed by atoms with Gasteiger partial charge in [-0.15, -0.1) is 10.2 Å². The molecule has 0 aliphatic carbocycles. The number of aromatic nitrogens is 6. The van der Waals surface area contributed by atoms with Gasteiger partial charge in [0.15, 0.2) is 10.3 Å². The van der Waals surface area contributed by atoms with E-state index in [1.165, 1.54) is 21.6 Å². The van der Waals surface area contributed by atoms with Crippen molar-refractivity contribution in [2.24, 2.45) is 0 Å². The largest absolute Gasteiger partial charge is 0.341 e. The van der Waals surface area contributed by atoms with Gasteiger partial charge in [0.2, 0.25) is 0 Å². The van der Waals surface area contributed by atoms with Gasteiger partial charge in [0.05, 0.1) is 0 Å². The molecule has 0 amide bonds. The molecule has 0 unspecified atom stereocenters. The summed E-state index contributed by atoms with van der Waals surface area (Å²) >= 11 is 0. The summed E-state index contributed by atoms with van der Waals surface area (Å²) in [5.74, 6) is 0. The standard InChI is InChI=1S/C4H4N6O2S2/c11-1-5-3(9-7-1)13-14-4-6-2(12)8-10-4/h(H2,5,7,9,11)(H2,6,8,10,12). The first-order valence-electron chi connectivity index (χ1n) is 3.38. The molecule has 2 rings (SSSR count). The molecule has 0 radical (unpaired) electrons. The summed E-state index contributed by atoms with van der Waals surface area (Å²) in [6, 6.07) is 0. The molecule has 0 spiro atoms. The number of rotatable bonds is 3. The molecule has 2 aromatic heterocycles. The Balaban J connectivity index is 2.01. The molecule has 0 saturated carbocycles. The van der Waals surface area contributed by atoms with Crippen molar-refractivity contribution in [3.8, 4) is 0 Å². The molecule has 14 heavy (non-hydrogen) atoms. The first-order chi connectivity index (χ1) is 6.74. The first-order valence-corrected chi connectivity index (χ1v) is 5.53. The summed E-state index contributed by atoms with van der Waals surface area (Å²) in [5.41, 5.74) is -0.743. The van der Waals surface area contributed by atoms with Crippen LogP contribution in [0.15, 0.2) is 19.9 Å². The van der Waals surface area contributed by atoms with Crippen LogP contribution in [0, 0.1) is 0 Å². The zero-order valence-corrected chi connectivity index (χ0v) is 8.16. The summed E-state index contributed by atoms with van der Waals surface area (Å²) in [6.45, 7) is 0. The van der Waals surface area contributed by atoms with E-state index in [-0.39, 0.29) is 11.4 Å². The highest BCUT2D eigenvalue weighted by Crippen LogP contribution is 2.31. The molecule has 0 atom stereocenters. The van der Waals surface area contributed by atoms with Gasteiger partial charge in [0.1, 0.15) is 0 Å². The van der Waals surface area contributed by atoms with E-state index in [0.29, 0.717) is 10.3 Å². The number of aromatic amines is 4. The zero-order valence-electron chi connectivity index (χ0n) is 6.53. The minimum Gasteiger partial charge on any atom is -0.283 e. The zero-order chi connectivity index (χ0) is 9.97. The number of hydrogen-bond acceptors (Lipinski definition) is 6. The van der Waals surface area contributed by atoms with Crippen LogP contribution in [0.2, 0.25) is 0 Å². The second kappa shape index (κ2) is 3.75. The fraction of sp³-hybridized carbons (Fsp3) is 0. The molecule has 74 valence electrons. The van der Waals surface area contributed by atoms with Crippen molar-refractivity contribution in [2.75, 3.05) is 0 Å². The predicted octanol–water partition coefficient (Wildman–Crippen LogP) is -0.691. The van der Waals surface area contributed by atoms with Crippen molar-refractivity contribution < 1.29 is 0 Å². The second-order valence-corrected chi connectivity index (χ2v) is 4.24. The van der Waals surface area contributed by atoms with Crippen LogP contribution in [0.5, 0.6) is 0 Å². The molecule has 0 aliphatic rings. The van der Waals surface area contributed by atoms with Crippen LogP contribution in [0.1, 0.15) is 0 Å². The highest BCUT2D eigenvalue weighted by molar-refractivity contribution is 8.76. The third-order valence-corrected chi connectivity index (χ3v) is 3.14. The van der Waals surface area contributed by atoms with Gasteiger partial charge in [-0.1, -0.05) is 0 Å². The smallest absolute Gasteiger partial charge is 0.283 e. The fourth-order valence-electron chi connectivity index (χ4n) is 0.667. The minimum atomic E-state index is -0.372. The molecule has 0 aromatic carbocycles. The highest BCUT2D eigenvalue weighted by Gasteiger charge is 2.03. The Morgan fingerprint density at radius 3 is 1.57 bits per heavy atom. The van der Waals surface area contributed by atoms with E-state index in [1.54, 1.807) is 0 Å². The van der Waals surface area contributed by atoms with Crippen LogP contribution in [-0.2, 0) is 0 Å². The second-order valence-electron chi connectivity index (χ2n) is 2.13. The summed E-state index contributed by atoms with van der Waals surface area (Å²) in [4.78, 5) is 26.1. The van der Waals surface area contributed by atoms with Crippen LogP contribution in [-0.4, -0.2) is 30.4 Å². The van der Waals surface area contributed by atoms with Gasteiger partial charge in [0.25, 0.3) is 0 Å². The van der Waals surface area contributed by atoms with Crippen molar-refractivity contribution >= 4 is 21.6 Å². The lowest BCUT2D eigenvalue weighted by molar-refractivity contribution is 0.970. The van der Waals surface area contributed by atoms with Crippen molar-refractivity contribution in [1.29, 1.82) is 0 Å². The van der Waals surface area contributed by atoms with E-state index in [2.05, 4.69) is 30.4 Å². The molecule has 10 heteroatoms. The van der Waals surface area contributed by atoms with E-state index < -0.39 is 0 Å². The Morgan fingerprint density at radius 1 is 0.857 bits per heavy atom. The third-order valence-electron chi connectivity index (χ3n) is 1.16. The lowest BCUT2D eigenvalue weighted by Crippen LogP contribution is -2.00. The maximum atomic E-state index is 10.6. The average molecular weight is 232 g/mol. The maximum absolute atomic E-state index is 10.6. The average Bonchev–Trinajstić information content (AvgIpc) is 2.72. The Hall–Kier alpha value is -1.42. The number of H-pyrrole nitrogens is 4. The molecular formula is C4H4N6O2S2. The lowest BCUT2D eigenvalue weighted by atomic mass is 11.3. The monoisotopic (exact) mass is 232 g/mol. The minimum absolute atomic E-state index is 0.372. The van der Waals surface area contributed by atoms with Crippen molar-refractivity contribution in [3.05, 3.63) is 21.0 Å². The van der Waals surface area contributed by atoms with E-state index in [4.69, 9.17) is 0 Å². The maximum Gasteiger partial charge on any atom is 0.341 e. The summed E-state index contributed by atoms with van der Waals surface area (Å²) in [6.07, 6.45) is 0. The van der Waals surface area contributed by atoms with Crippen LogP contribution in [0.3, 0.4) is 0 Å². The summed E-state index contributed by atoms with van der Waals surface area (Å²) in [5, 5.41) is 12.6. The normalized spacial score (nSPS) is 10.6. The Morgan fingerprint density at radius 2 is 1.29 bits per heavy atom. The Kier molecular flexibility index (Phi) is 2.45. The van der Waals surface area contributed by atoms with E-state index in [0.717, 1.165) is 0 Å². The number of nitrogens with one attached hydrogen (secondary N) is 4. The van der Waals surface area contributed by atoms with Crippen molar-refractivity contribution in [3.63, 3.8) is 0 Å². The molecule has 4 N–H and O–H groups in total. The van der Waals surface area contributed by atoms with Gasteiger partial charge < -0.3 is 0 Å². The SMILES string of the molecule is O=c1[nH]nc(SSc2n[nH]c(=O)[nH]2)[nH]1. The van der Waals surface area contributed by atoms with Crippen LogP contribution >= 0.6 is 21.6 Å². The summed E-state index contributed by atoms with van der Waals surface area (Å²) < 4.78 is 0. The highest BCUT2D eigenvalue weighted by atomic mass is 33.1.